The quantitative estimate of drug-likeness (QED) is 0.849. The van der Waals surface area contributed by atoms with Crippen LogP contribution in [0.2, 0.25) is 0 Å². The molecule has 0 radical (unpaired) electrons. The number of phenolic OH excluding ortho intramolecular Hbond substituents is 1. The maximum Gasteiger partial charge on any atom is 0.133 e. The molecular weight excluding hydrogens is 240 g/mol. The van der Waals surface area contributed by atoms with E-state index in [1.807, 2.05) is 18.2 Å². The van der Waals surface area contributed by atoms with Gasteiger partial charge in [0.15, 0.2) is 0 Å². The molecule has 0 heterocycles. The fourth-order valence-electron chi connectivity index (χ4n) is 2.18. The van der Waals surface area contributed by atoms with Crippen LogP contribution in [0.4, 0.5) is 0 Å². The van der Waals surface area contributed by atoms with Crippen LogP contribution in [-0.2, 0) is 0 Å². The summed E-state index contributed by atoms with van der Waals surface area (Å²) in [4.78, 5) is 0. The second kappa shape index (κ2) is 3.58. The van der Waals surface area contributed by atoms with Gasteiger partial charge in [0.1, 0.15) is 5.75 Å². The van der Waals surface area contributed by atoms with Gasteiger partial charge in [-0.05, 0) is 51.7 Å². The van der Waals surface area contributed by atoms with Gasteiger partial charge in [0.25, 0.3) is 0 Å². The molecule has 1 aromatic carbocycles. The third-order valence-corrected chi connectivity index (χ3v) is 3.96. The zero-order valence-electron chi connectivity index (χ0n) is 8.50. The van der Waals surface area contributed by atoms with Crippen molar-refractivity contribution < 1.29 is 5.11 Å². The van der Waals surface area contributed by atoms with Crippen molar-refractivity contribution in [3.63, 3.8) is 0 Å². The molecule has 1 N–H and O–H groups in total. The van der Waals surface area contributed by atoms with Gasteiger partial charge in [-0.25, -0.2) is 0 Å². The summed E-state index contributed by atoms with van der Waals surface area (Å²) >= 11 is 3.35. The predicted octanol–water partition coefficient (Wildman–Crippen LogP) is 3.91. The van der Waals surface area contributed by atoms with Gasteiger partial charge < -0.3 is 5.11 Å². The molecule has 76 valence electrons. The Morgan fingerprint density at radius 1 is 1.50 bits per heavy atom. The topological polar surface area (TPSA) is 20.2 Å². The van der Waals surface area contributed by atoms with E-state index in [1.54, 1.807) is 0 Å². The summed E-state index contributed by atoms with van der Waals surface area (Å²) < 4.78 is 0.801. The summed E-state index contributed by atoms with van der Waals surface area (Å²) in [7, 11) is 0. The van der Waals surface area contributed by atoms with E-state index in [2.05, 4.69) is 29.8 Å². The van der Waals surface area contributed by atoms with E-state index in [4.69, 9.17) is 0 Å². The molecule has 14 heavy (non-hydrogen) atoms. The smallest absolute Gasteiger partial charge is 0.133 e. The number of hydrogen-bond donors (Lipinski definition) is 1. The summed E-state index contributed by atoms with van der Waals surface area (Å²) in [6, 6.07) is 5.89. The molecule has 0 bridgehead atoms. The lowest BCUT2D eigenvalue weighted by Gasteiger charge is -2.13. The second-order valence-electron chi connectivity index (χ2n) is 4.34. The number of hydrogen-bond acceptors (Lipinski definition) is 1. The molecule has 1 nitrogen and oxygen atoms in total. The van der Waals surface area contributed by atoms with Crippen molar-refractivity contribution >= 4 is 15.9 Å². The van der Waals surface area contributed by atoms with E-state index >= 15 is 0 Å². The lowest BCUT2D eigenvalue weighted by molar-refractivity contribution is 0.453. The molecule has 0 spiro atoms. The van der Waals surface area contributed by atoms with Gasteiger partial charge >= 0.3 is 0 Å². The lowest BCUT2D eigenvalue weighted by atomic mass is 9.94. The van der Waals surface area contributed by atoms with Gasteiger partial charge in [-0.3, -0.25) is 0 Å². The van der Waals surface area contributed by atoms with Crippen molar-refractivity contribution in [2.24, 2.45) is 11.8 Å². The maximum absolute atomic E-state index is 9.88. The highest BCUT2D eigenvalue weighted by molar-refractivity contribution is 9.10. The molecule has 0 saturated heterocycles. The Hall–Kier alpha value is -0.500. The van der Waals surface area contributed by atoms with Crippen LogP contribution in [0.15, 0.2) is 22.7 Å². The fourth-order valence-corrected chi connectivity index (χ4v) is 2.56. The highest BCUT2D eigenvalue weighted by Gasteiger charge is 2.38. The molecule has 1 saturated carbocycles. The highest BCUT2D eigenvalue weighted by atomic mass is 79.9. The molecule has 1 aromatic rings. The summed E-state index contributed by atoms with van der Waals surface area (Å²) in [5.41, 5.74) is 1.08. The zero-order chi connectivity index (χ0) is 10.3. The van der Waals surface area contributed by atoms with Crippen LogP contribution < -0.4 is 0 Å². The van der Waals surface area contributed by atoms with Crippen LogP contribution in [0.1, 0.15) is 31.7 Å². The monoisotopic (exact) mass is 254 g/mol. The lowest BCUT2D eigenvalue weighted by Crippen LogP contribution is -1.97. The molecular formula is C12H15BrO. The molecule has 3 atom stereocenters. The van der Waals surface area contributed by atoms with Gasteiger partial charge in [0.2, 0.25) is 0 Å². The standard InChI is InChI=1S/C12H15BrO/c1-7-6-10(7)8(2)9-4-3-5-11(13)12(9)14/h3-5,7-8,10,14H,6H2,1-2H3. The summed E-state index contributed by atoms with van der Waals surface area (Å²) in [6.45, 7) is 4.48. The molecule has 1 aliphatic rings. The second-order valence-corrected chi connectivity index (χ2v) is 5.20. The van der Waals surface area contributed by atoms with Crippen LogP contribution >= 0.6 is 15.9 Å². The van der Waals surface area contributed by atoms with Gasteiger partial charge in [0, 0.05) is 0 Å². The predicted molar refractivity (Wildman–Crippen MR) is 61.5 cm³/mol. The number of rotatable bonds is 2. The van der Waals surface area contributed by atoms with Crippen LogP contribution in [0.25, 0.3) is 0 Å². The number of benzene rings is 1. The van der Waals surface area contributed by atoms with Crippen LogP contribution in [0, 0.1) is 11.8 Å². The molecule has 3 unspecified atom stereocenters. The molecule has 0 aliphatic heterocycles. The first-order chi connectivity index (χ1) is 6.61. The van der Waals surface area contributed by atoms with Gasteiger partial charge in [-0.15, -0.1) is 0 Å². The Morgan fingerprint density at radius 3 is 2.71 bits per heavy atom. The van der Waals surface area contributed by atoms with Crippen molar-refractivity contribution in [1.29, 1.82) is 0 Å². The molecule has 2 rings (SSSR count). The van der Waals surface area contributed by atoms with E-state index in [-0.39, 0.29) is 0 Å². The molecule has 0 aromatic heterocycles. The Kier molecular flexibility index (Phi) is 2.56. The fraction of sp³-hybridized carbons (Fsp3) is 0.500. The summed E-state index contributed by atoms with van der Waals surface area (Å²) in [6.07, 6.45) is 1.30. The van der Waals surface area contributed by atoms with Gasteiger partial charge in [0.05, 0.1) is 4.47 Å². The van der Waals surface area contributed by atoms with E-state index in [1.165, 1.54) is 6.42 Å². The number of halogens is 1. The Bertz CT molecular complexity index is 348. The average Bonchev–Trinajstić information content (AvgIpc) is 2.87. The van der Waals surface area contributed by atoms with E-state index in [0.717, 1.165) is 21.9 Å². The van der Waals surface area contributed by atoms with Crippen molar-refractivity contribution in [2.45, 2.75) is 26.2 Å². The van der Waals surface area contributed by atoms with Crippen molar-refractivity contribution in [3.8, 4) is 5.75 Å². The average molecular weight is 255 g/mol. The molecule has 2 heteroatoms. The Balaban J connectivity index is 2.27. The number of phenols is 1. The zero-order valence-corrected chi connectivity index (χ0v) is 10.1. The normalized spacial score (nSPS) is 27.4. The Morgan fingerprint density at radius 2 is 2.14 bits per heavy atom. The van der Waals surface area contributed by atoms with Crippen LogP contribution in [-0.4, -0.2) is 5.11 Å². The van der Waals surface area contributed by atoms with Crippen LogP contribution in [0.5, 0.6) is 5.75 Å². The SMILES string of the molecule is CC1CC1C(C)c1cccc(Br)c1O. The summed E-state index contributed by atoms with van der Waals surface area (Å²) in [5, 5.41) is 9.88. The minimum absolute atomic E-state index is 0.416. The largest absolute Gasteiger partial charge is 0.506 e. The van der Waals surface area contributed by atoms with E-state index < -0.39 is 0 Å². The Labute approximate surface area is 93.3 Å². The third-order valence-electron chi connectivity index (χ3n) is 3.32. The number of para-hydroxylation sites is 1. The first-order valence-corrected chi connectivity index (χ1v) is 5.88. The molecule has 1 fully saturated rings. The molecule has 0 amide bonds. The molecule has 1 aliphatic carbocycles. The van der Waals surface area contributed by atoms with Crippen LogP contribution in [0.3, 0.4) is 0 Å². The highest BCUT2D eigenvalue weighted by Crippen LogP contribution is 2.50. The third kappa shape index (κ3) is 1.68. The van der Waals surface area contributed by atoms with E-state index in [9.17, 15) is 5.11 Å². The van der Waals surface area contributed by atoms with Gasteiger partial charge in [-0.2, -0.15) is 0 Å². The first kappa shape index (κ1) is 10.0. The van der Waals surface area contributed by atoms with Crippen molar-refractivity contribution in [2.75, 3.05) is 0 Å². The van der Waals surface area contributed by atoms with E-state index in [0.29, 0.717) is 11.7 Å². The number of aromatic hydroxyl groups is 1. The summed E-state index contributed by atoms with van der Waals surface area (Å²) in [5.74, 6) is 2.47. The van der Waals surface area contributed by atoms with Crippen molar-refractivity contribution in [3.05, 3.63) is 28.2 Å². The van der Waals surface area contributed by atoms with Gasteiger partial charge in [-0.1, -0.05) is 26.0 Å². The minimum Gasteiger partial charge on any atom is -0.506 e. The first-order valence-electron chi connectivity index (χ1n) is 5.08. The van der Waals surface area contributed by atoms with Crippen molar-refractivity contribution in [1.82, 2.24) is 0 Å². The maximum atomic E-state index is 9.88. The minimum atomic E-state index is 0.416.